The molecular formula is C12H11NO4. The molecule has 0 saturated heterocycles. The molecule has 88 valence electrons. The molecule has 0 atom stereocenters. The van der Waals surface area contributed by atoms with E-state index >= 15 is 0 Å². The largest absolute Gasteiger partial charge is 0.478 e. The Balaban J connectivity index is 2.47. The molecule has 5 heteroatoms. The predicted octanol–water partition coefficient (Wildman–Crippen LogP) is 1.20. The van der Waals surface area contributed by atoms with Crippen LogP contribution in [0, 0.1) is 6.92 Å². The number of nitrogens with zero attached hydrogens (tertiary/aromatic N) is 1. The summed E-state index contributed by atoms with van der Waals surface area (Å²) in [5.41, 5.74) is 2.57. The van der Waals surface area contributed by atoms with Crippen molar-refractivity contribution in [3.8, 4) is 0 Å². The number of methoxy groups -OCH3 is 1. The summed E-state index contributed by atoms with van der Waals surface area (Å²) in [6.45, 7) is 1.70. The Bertz CT molecular complexity index is 546. The second-order valence-corrected chi connectivity index (χ2v) is 3.80. The Labute approximate surface area is 97.7 Å². The van der Waals surface area contributed by atoms with Crippen LogP contribution in [0.25, 0.3) is 6.08 Å². The lowest BCUT2D eigenvalue weighted by Crippen LogP contribution is -2.07. The van der Waals surface area contributed by atoms with Gasteiger partial charge >= 0.3 is 11.9 Å². The number of carboxylic acid groups (broad SMARTS) is 1. The maximum Gasteiger partial charge on any atom is 0.339 e. The van der Waals surface area contributed by atoms with Crippen LogP contribution in [-0.4, -0.2) is 29.1 Å². The van der Waals surface area contributed by atoms with Crippen molar-refractivity contribution in [1.29, 1.82) is 0 Å². The minimum Gasteiger partial charge on any atom is -0.478 e. The lowest BCUT2D eigenvalue weighted by molar-refractivity contribution is -0.132. The van der Waals surface area contributed by atoms with E-state index in [4.69, 9.17) is 5.11 Å². The maximum absolute atomic E-state index is 11.5. The van der Waals surface area contributed by atoms with E-state index in [0.717, 1.165) is 0 Å². The van der Waals surface area contributed by atoms with Gasteiger partial charge < -0.3 is 9.84 Å². The zero-order valence-corrected chi connectivity index (χ0v) is 9.48. The lowest BCUT2D eigenvalue weighted by Gasteiger charge is -2.06. The van der Waals surface area contributed by atoms with Gasteiger partial charge in [-0.25, -0.2) is 9.59 Å². The van der Waals surface area contributed by atoms with Crippen LogP contribution in [-0.2, 0) is 16.0 Å². The molecule has 0 amide bonds. The average molecular weight is 233 g/mol. The highest BCUT2D eigenvalue weighted by Crippen LogP contribution is 2.25. The molecule has 0 aromatic carbocycles. The van der Waals surface area contributed by atoms with E-state index in [9.17, 15) is 9.59 Å². The molecule has 1 aromatic heterocycles. The van der Waals surface area contributed by atoms with Gasteiger partial charge in [0.2, 0.25) is 0 Å². The summed E-state index contributed by atoms with van der Waals surface area (Å²) in [5, 5.41) is 8.89. The Morgan fingerprint density at radius 3 is 2.76 bits per heavy atom. The van der Waals surface area contributed by atoms with Crippen LogP contribution in [0.2, 0.25) is 0 Å². The minimum atomic E-state index is -0.958. The zero-order valence-electron chi connectivity index (χ0n) is 9.48. The van der Waals surface area contributed by atoms with Crippen molar-refractivity contribution in [2.75, 3.05) is 7.11 Å². The van der Waals surface area contributed by atoms with E-state index in [1.165, 1.54) is 13.2 Å². The van der Waals surface area contributed by atoms with E-state index in [1.807, 2.05) is 0 Å². The van der Waals surface area contributed by atoms with Gasteiger partial charge in [-0.2, -0.15) is 0 Å². The number of pyridine rings is 1. The predicted molar refractivity (Wildman–Crippen MR) is 59.6 cm³/mol. The van der Waals surface area contributed by atoms with Crippen molar-refractivity contribution >= 4 is 18.0 Å². The van der Waals surface area contributed by atoms with E-state index in [0.29, 0.717) is 28.9 Å². The normalized spacial score (nSPS) is 12.9. The van der Waals surface area contributed by atoms with E-state index in [-0.39, 0.29) is 5.57 Å². The average Bonchev–Trinajstić information content (AvgIpc) is 2.69. The topological polar surface area (TPSA) is 76.5 Å². The quantitative estimate of drug-likeness (QED) is 0.777. The van der Waals surface area contributed by atoms with Crippen LogP contribution in [0.3, 0.4) is 0 Å². The van der Waals surface area contributed by atoms with Gasteiger partial charge in [0.15, 0.2) is 0 Å². The first-order valence-corrected chi connectivity index (χ1v) is 5.05. The SMILES string of the molecule is COC(=O)c1cc2c(nc1C)CC(C(=O)O)=C2. The fourth-order valence-corrected chi connectivity index (χ4v) is 1.81. The summed E-state index contributed by atoms with van der Waals surface area (Å²) < 4.78 is 4.64. The maximum atomic E-state index is 11.5. The fourth-order valence-electron chi connectivity index (χ4n) is 1.81. The van der Waals surface area contributed by atoms with Crippen LogP contribution >= 0.6 is 0 Å². The highest BCUT2D eigenvalue weighted by molar-refractivity contribution is 5.96. The number of hydrogen-bond donors (Lipinski definition) is 1. The molecule has 1 aromatic rings. The van der Waals surface area contributed by atoms with Gasteiger partial charge in [0.25, 0.3) is 0 Å². The van der Waals surface area contributed by atoms with Crippen molar-refractivity contribution in [3.63, 3.8) is 0 Å². The van der Waals surface area contributed by atoms with E-state index in [1.54, 1.807) is 13.0 Å². The molecule has 2 rings (SSSR count). The smallest absolute Gasteiger partial charge is 0.339 e. The number of esters is 1. The first-order chi connectivity index (χ1) is 8.02. The molecule has 0 aliphatic heterocycles. The van der Waals surface area contributed by atoms with Crippen LogP contribution in [0.5, 0.6) is 0 Å². The lowest BCUT2D eigenvalue weighted by atomic mass is 10.1. The molecule has 1 aliphatic carbocycles. The minimum absolute atomic E-state index is 0.286. The van der Waals surface area contributed by atoms with Crippen molar-refractivity contribution in [3.05, 3.63) is 34.2 Å². The molecule has 0 radical (unpaired) electrons. The third kappa shape index (κ3) is 1.91. The van der Waals surface area contributed by atoms with Crippen LogP contribution < -0.4 is 0 Å². The summed E-state index contributed by atoms with van der Waals surface area (Å²) in [7, 11) is 1.30. The second kappa shape index (κ2) is 4.01. The molecule has 0 spiro atoms. The number of aryl methyl sites for hydroxylation is 1. The molecule has 1 heterocycles. The molecule has 0 saturated carbocycles. The standard InChI is InChI=1S/C12H11NO4/c1-6-9(12(16)17-2)4-7-3-8(11(14)15)5-10(7)13-6/h3-4H,5H2,1-2H3,(H,14,15). The van der Waals surface area contributed by atoms with Crippen LogP contribution in [0.1, 0.15) is 27.3 Å². The van der Waals surface area contributed by atoms with Gasteiger partial charge in [0.05, 0.1) is 24.1 Å². The summed E-state index contributed by atoms with van der Waals surface area (Å²) in [6, 6.07) is 1.62. The first kappa shape index (κ1) is 11.3. The van der Waals surface area contributed by atoms with E-state index in [2.05, 4.69) is 9.72 Å². The van der Waals surface area contributed by atoms with Gasteiger partial charge in [-0.3, -0.25) is 4.98 Å². The van der Waals surface area contributed by atoms with Crippen molar-refractivity contribution in [2.24, 2.45) is 0 Å². The van der Waals surface area contributed by atoms with Gasteiger partial charge in [0, 0.05) is 12.0 Å². The Morgan fingerprint density at radius 2 is 2.18 bits per heavy atom. The Morgan fingerprint density at radius 1 is 1.47 bits per heavy atom. The number of aromatic nitrogens is 1. The molecular weight excluding hydrogens is 222 g/mol. The molecule has 5 nitrogen and oxygen atoms in total. The number of carbonyl (C=O) groups is 2. The highest BCUT2D eigenvalue weighted by Gasteiger charge is 2.22. The van der Waals surface area contributed by atoms with E-state index < -0.39 is 11.9 Å². The first-order valence-electron chi connectivity index (χ1n) is 5.05. The molecule has 1 N–H and O–H groups in total. The number of ether oxygens (including phenoxy) is 1. The van der Waals surface area contributed by atoms with Gasteiger partial charge in [-0.05, 0) is 24.6 Å². The number of aliphatic carboxylic acids is 1. The van der Waals surface area contributed by atoms with Gasteiger partial charge in [-0.1, -0.05) is 0 Å². The van der Waals surface area contributed by atoms with Crippen molar-refractivity contribution < 1.29 is 19.4 Å². The molecule has 0 unspecified atom stereocenters. The third-order valence-electron chi connectivity index (χ3n) is 2.69. The number of carboxylic acids is 1. The summed E-state index contributed by atoms with van der Waals surface area (Å²) >= 11 is 0. The summed E-state index contributed by atoms with van der Waals surface area (Å²) in [5.74, 6) is -1.42. The molecule has 17 heavy (non-hydrogen) atoms. The zero-order chi connectivity index (χ0) is 12.6. The Kier molecular flexibility index (Phi) is 2.67. The third-order valence-corrected chi connectivity index (χ3v) is 2.69. The number of rotatable bonds is 2. The highest BCUT2D eigenvalue weighted by atomic mass is 16.5. The molecule has 0 fully saturated rings. The van der Waals surface area contributed by atoms with Crippen molar-refractivity contribution in [2.45, 2.75) is 13.3 Å². The monoisotopic (exact) mass is 233 g/mol. The van der Waals surface area contributed by atoms with Crippen LogP contribution in [0.15, 0.2) is 11.6 Å². The van der Waals surface area contributed by atoms with Crippen molar-refractivity contribution in [1.82, 2.24) is 4.98 Å². The van der Waals surface area contributed by atoms with Crippen LogP contribution in [0.4, 0.5) is 0 Å². The Hall–Kier alpha value is -2.17. The summed E-state index contributed by atoms with van der Waals surface area (Å²) in [6.07, 6.45) is 1.84. The van der Waals surface area contributed by atoms with Gasteiger partial charge in [0.1, 0.15) is 0 Å². The molecule has 1 aliphatic rings. The number of fused-ring (bicyclic) bond motifs is 1. The fraction of sp³-hybridized carbons (Fsp3) is 0.250. The number of carbonyl (C=O) groups excluding carboxylic acids is 1. The molecule has 0 bridgehead atoms. The van der Waals surface area contributed by atoms with Gasteiger partial charge in [-0.15, -0.1) is 0 Å². The second-order valence-electron chi connectivity index (χ2n) is 3.80. The number of hydrogen-bond acceptors (Lipinski definition) is 4. The summed E-state index contributed by atoms with van der Waals surface area (Å²) in [4.78, 5) is 26.5.